The van der Waals surface area contributed by atoms with E-state index in [1.54, 1.807) is 12.1 Å². The molecule has 2 unspecified atom stereocenters. The fourth-order valence-corrected chi connectivity index (χ4v) is 1.65. The smallest absolute Gasteiger partial charge is 0.328 e. The summed E-state index contributed by atoms with van der Waals surface area (Å²) < 4.78 is 0. The molecule has 1 aromatic carbocycles. The van der Waals surface area contributed by atoms with Crippen LogP contribution in [-0.4, -0.2) is 28.3 Å². The van der Waals surface area contributed by atoms with E-state index in [9.17, 15) is 9.59 Å². The number of urea groups is 1. The van der Waals surface area contributed by atoms with Gasteiger partial charge in [0.15, 0.2) is 6.04 Å². The molecule has 1 fully saturated rings. The molecule has 0 saturated carbocycles. The molecule has 6 nitrogen and oxygen atoms in total. The molecular weight excluding hydrogens is 212 g/mol. The van der Waals surface area contributed by atoms with E-state index < -0.39 is 24.1 Å². The Morgan fingerprint density at radius 2 is 1.81 bits per heavy atom. The Morgan fingerprint density at radius 1 is 1.19 bits per heavy atom. The van der Waals surface area contributed by atoms with E-state index in [0.717, 1.165) is 0 Å². The highest BCUT2D eigenvalue weighted by molar-refractivity contribution is 5.87. The number of carboxylic acids is 1. The Morgan fingerprint density at radius 3 is 2.38 bits per heavy atom. The van der Waals surface area contributed by atoms with Crippen LogP contribution < -0.4 is 10.6 Å². The van der Waals surface area contributed by atoms with Crippen molar-refractivity contribution in [3.8, 4) is 5.75 Å². The fraction of sp³-hybridized carbons (Fsp3) is 0.200. The Hall–Kier alpha value is -2.24. The molecular formula is C10H10N2O4. The summed E-state index contributed by atoms with van der Waals surface area (Å²) in [6.07, 6.45) is 0. The van der Waals surface area contributed by atoms with Crippen molar-refractivity contribution >= 4 is 12.0 Å². The monoisotopic (exact) mass is 222 g/mol. The summed E-state index contributed by atoms with van der Waals surface area (Å²) in [5.41, 5.74) is 0.628. The van der Waals surface area contributed by atoms with E-state index in [-0.39, 0.29) is 5.75 Å². The number of carbonyl (C=O) groups is 2. The van der Waals surface area contributed by atoms with Crippen molar-refractivity contribution in [1.82, 2.24) is 10.6 Å². The van der Waals surface area contributed by atoms with E-state index in [2.05, 4.69) is 10.6 Å². The van der Waals surface area contributed by atoms with Gasteiger partial charge in [0, 0.05) is 0 Å². The highest BCUT2D eigenvalue weighted by atomic mass is 16.4. The molecule has 16 heavy (non-hydrogen) atoms. The molecule has 0 radical (unpaired) electrons. The molecule has 2 atom stereocenters. The number of rotatable bonds is 2. The molecule has 6 heteroatoms. The van der Waals surface area contributed by atoms with Crippen molar-refractivity contribution < 1.29 is 19.8 Å². The summed E-state index contributed by atoms with van der Waals surface area (Å²) in [5.74, 6) is -1.01. The van der Waals surface area contributed by atoms with Crippen molar-refractivity contribution in [2.45, 2.75) is 12.1 Å². The van der Waals surface area contributed by atoms with Gasteiger partial charge in [-0.3, -0.25) is 0 Å². The summed E-state index contributed by atoms with van der Waals surface area (Å²) in [4.78, 5) is 22.0. The molecule has 84 valence electrons. The van der Waals surface area contributed by atoms with Gasteiger partial charge in [-0.25, -0.2) is 9.59 Å². The molecule has 1 aromatic rings. The quantitative estimate of drug-likeness (QED) is 0.574. The number of carboxylic acid groups (broad SMARTS) is 1. The second-order valence-electron chi connectivity index (χ2n) is 3.50. The Kier molecular flexibility index (Phi) is 2.40. The fourth-order valence-electron chi connectivity index (χ4n) is 1.65. The minimum absolute atomic E-state index is 0.0907. The molecule has 1 saturated heterocycles. The molecule has 1 aliphatic rings. The highest BCUT2D eigenvalue weighted by Crippen LogP contribution is 2.22. The zero-order chi connectivity index (χ0) is 11.7. The van der Waals surface area contributed by atoms with Gasteiger partial charge in [-0.1, -0.05) is 12.1 Å². The lowest BCUT2D eigenvalue weighted by atomic mass is 10.0. The molecule has 4 N–H and O–H groups in total. The standard InChI is InChI=1S/C10H10N2O4/c13-6-3-1-5(2-4-6)7-8(9(14)15)12-10(16)11-7/h1-4,7-8,13H,(H,14,15)(H2,11,12,16). The zero-order valence-electron chi connectivity index (χ0n) is 8.18. The van der Waals surface area contributed by atoms with Crippen LogP contribution >= 0.6 is 0 Å². The van der Waals surface area contributed by atoms with Crippen molar-refractivity contribution in [2.24, 2.45) is 0 Å². The van der Waals surface area contributed by atoms with Gasteiger partial charge < -0.3 is 20.8 Å². The van der Waals surface area contributed by atoms with Crippen LogP contribution in [0.4, 0.5) is 4.79 Å². The van der Waals surface area contributed by atoms with Gasteiger partial charge in [-0.15, -0.1) is 0 Å². The van der Waals surface area contributed by atoms with Crippen LogP contribution in [0.2, 0.25) is 0 Å². The maximum atomic E-state index is 11.1. The van der Waals surface area contributed by atoms with E-state index in [0.29, 0.717) is 5.56 Å². The first-order valence-corrected chi connectivity index (χ1v) is 4.66. The Balaban J connectivity index is 2.28. The van der Waals surface area contributed by atoms with E-state index >= 15 is 0 Å². The normalized spacial score (nSPS) is 23.6. The number of hydrogen-bond acceptors (Lipinski definition) is 3. The summed E-state index contributed by atoms with van der Waals surface area (Å²) in [7, 11) is 0. The minimum atomic E-state index is -1.10. The van der Waals surface area contributed by atoms with Crippen molar-refractivity contribution in [2.75, 3.05) is 0 Å². The average Bonchev–Trinajstić information content (AvgIpc) is 2.61. The molecule has 2 rings (SSSR count). The maximum absolute atomic E-state index is 11.1. The summed E-state index contributed by atoms with van der Waals surface area (Å²) in [5, 5.41) is 22.8. The number of aromatic hydroxyl groups is 1. The van der Waals surface area contributed by atoms with Crippen LogP contribution in [0.3, 0.4) is 0 Å². The van der Waals surface area contributed by atoms with Crippen LogP contribution in [0.15, 0.2) is 24.3 Å². The summed E-state index contributed by atoms with van der Waals surface area (Å²) in [6, 6.07) is 3.91. The van der Waals surface area contributed by atoms with E-state index in [1.807, 2.05) is 0 Å². The number of benzene rings is 1. The predicted octanol–water partition coefficient (Wildman–Crippen LogP) is 0.199. The van der Waals surface area contributed by atoms with Gasteiger partial charge in [0.2, 0.25) is 0 Å². The summed E-state index contributed by atoms with van der Waals surface area (Å²) in [6.45, 7) is 0. The molecule has 0 spiro atoms. The van der Waals surface area contributed by atoms with E-state index in [1.165, 1.54) is 12.1 Å². The largest absolute Gasteiger partial charge is 0.508 e. The third-order valence-electron chi connectivity index (χ3n) is 2.42. The first kappa shape index (κ1) is 10.3. The van der Waals surface area contributed by atoms with Crippen LogP contribution in [0.1, 0.15) is 11.6 Å². The minimum Gasteiger partial charge on any atom is -0.508 e. The first-order valence-electron chi connectivity index (χ1n) is 4.66. The molecule has 0 aromatic heterocycles. The van der Waals surface area contributed by atoms with Gasteiger partial charge in [0.05, 0.1) is 6.04 Å². The number of hydrogen-bond donors (Lipinski definition) is 4. The number of amides is 2. The second kappa shape index (κ2) is 3.73. The second-order valence-corrected chi connectivity index (χ2v) is 3.50. The molecule has 2 amide bonds. The van der Waals surface area contributed by atoms with Crippen LogP contribution in [0.25, 0.3) is 0 Å². The third kappa shape index (κ3) is 1.77. The first-order chi connectivity index (χ1) is 7.58. The number of carbonyl (C=O) groups excluding carboxylic acids is 1. The van der Waals surface area contributed by atoms with Crippen LogP contribution in [0.5, 0.6) is 5.75 Å². The maximum Gasteiger partial charge on any atom is 0.328 e. The van der Waals surface area contributed by atoms with E-state index in [4.69, 9.17) is 10.2 Å². The zero-order valence-corrected chi connectivity index (χ0v) is 8.18. The Labute approximate surface area is 90.9 Å². The van der Waals surface area contributed by atoms with Gasteiger partial charge >= 0.3 is 12.0 Å². The van der Waals surface area contributed by atoms with Crippen molar-refractivity contribution in [3.05, 3.63) is 29.8 Å². The van der Waals surface area contributed by atoms with Gasteiger partial charge in [-0.05, 0) is 17.7 Å². The third-order valence-corrected chi connectivity index (χ3v) is 2.42. The SMILES string of the molecule is O=C1NC(C(=O)O)C(c2ccc(O)cc2)N1. The van der Waals surface area contributed by atoms with Crippen molar-refractivity contribution in [3.63, 3.8) is 0 Å². The van der Waals surface area contributed by atoms with Crippen molar-refractivity contribution in [1.29, 1.82) is 0 Å². The number of nitrogens with one attached hydrogen (secondary N) is 2. The van der Waals surface area contributed by atoms with Gasteiger partial charge in [0.1, 0.15) is 5.75 Å². The lowest BCUT2D eigenvalue weighted by Gasteiger charge is -2.14. The molecule has 0 aliphatic carbocycles. The van der Waals surface area contributed by atoms with Crippen LogP contribution in [0, 0.1) is 0 Å². The predicted molar refractivity (Wildman–Crippen MR) is 53.9 cm³/mol. The number of phenols is 1. The number of phenolic OH excluding ortho intramolecular Hbond substituents is 1. The molecule has 0 bridgehead atoms. The Bertz CT molecular complexity index is 429. The topological polar surface area (TPSA) is 98.7 Å². The highest BCUT2D eigenvalue weighted by Gasteiger charge is 2.37. The average molecular weight is 222 g/mol. The number of aliphatic carboxylic acids is 1. The van der Waals surface area contributed by atoms with Crippen LogP contribution in [-0.2, 0) is 4.79 Å². The molecule has 1 aliphatic heterocycles. The summed E-state index contributed by atoms with van der Waals surface area (Å²) >= 11 is 0. The van der Waals surface area contributed by atoms with Gasteiger partial charge in [-0.2, -0.15) is 0 Å². The lowest BCUT2D eigenvalue weighted by Crippen LogP contribution is -2.35. The van der Waals surface area contributed by atoms with Gasteiger partial charge in [0.25, 0.3) is 0 Å². The lowest BCUT2D eigenvalue weighted by molar-refractivity contribution is -0.139. The molecule has 1 heterocycles.